The average Bonchev–Trinajstić information content (AvgIpc) is 2.71. The molecule has 2 unspecified atom stereocenters. The molecule has 1 N–H and O–H groups in total. The second kappa shape index (κ2) is 5.48. The molecular formula is C16H20N2O3. The quantitative estimate of drug-likeness (QED) is 0.899. The van der Waals surface area contributed by atoms with Crippen LogP contribution in [0.3, 0.4) is 0 Å². The molecule has 2 heterocycles. The zero-order valence-corrected chi connectivity index (χ0v) is 12.2. The van der Waals surface area contributed by atoms with Crippen LogP contribution < -0.4 is 0 Å². The highest BCUT2D eigenvalue weighted by Gasteiger charge is 2.36. The molecule has 2 aliphatic rings. The van der Waals surface area contributed by atoms with E-state index in [9.17, 15) is 9.59 Å². The van der Waals surface area contributed by atoms with Crippen LogP contribution in [0.5, 0.6) is 0 Å². The molecule has 0 radical (unpaired) electrons. The summed E-state index contributed by atoms with van der Waals surface area (Å²) in [4.78, 5) is 27.9. The Morgan fingerprint density at radius 1 is 1.14 bits per heavy atom. The van der Waals surface area contributed by atoms with Crippen molar-refractivity contribution in [1.29, 1.82) is 0 Å². The molecule has 1 aromatic rings. The van der Waals surface area contributed by atoms with Crippen LogP contribution in [-0.2, 0) is 0 Å². The van der Waals surface area contributed by atoms with Crippen molar-refractivity contribution in [2.45, 2.75) is 31.3 Å². The Labute approximate surface area is 124 Å². The number of rotatable bonds is 2. The highest BCUT2D eigenvalue weighted by atomic mass is 16.4. The summed E-state index contributed by atoms with van der Waals surface area (Å²) < 4.78 is 0. The molecule has 21 heavy (non-hydrogen) atoms. The molecule has 0 saturated carbocycles. The molecule has 2 aliphatic heterocycles. The number of likely N-dealkylation sites (tertiary alicyclic amines) is 1. The van der Waals surface area contributed by atoms with E-state index in [1.807, 2.05) is 4.90 Å². The fraction of sp³-hybridized carbons (Fsp3) is 0.500. The van der Waals surface area contributed by atoms with E-state index < -0.39 is 5.97 Å². The topological polar surface area (TPSA) is 60.9 Å². The number of carbonyl (C=O) groups excluding carboxylic acids is 1. The molecule has 0 spiro atoms. The van der Waals surface area contributed by atoms with E-state index in [2.05, 4.69) is 11.9 Å². The minimum atomic E-state index is -1.00. The number of likely N-dealkylation sites (N-methyl/N-ethyl adjacent to an activating group) is 1. The fourth-order valence-corrected chi connectivity index (χ4v) is 3.46. The van der Waals surface area contributed by atoms with Gasteiger partial charge in [0.15, 0.2) is 0 Å². The van der Waals surface area contributed by atoms with Gasteiger partial charge in [-0.25, -0.2) is 4.79 Å². The first-order valence-corrected chi connectivity index (χ1v) is 7.41. The van der Waals surface area contributed by atoms with Gasteiger partial charge in [-0.15, -0.1) is 0 Å². The predicted molar refractivity (Wildman–Crippen MR) is 78.5 cm³/mol. The van der Waals surface area contributed by atoms with Crippen LogP contribution in [0.1, 0.15) is 40.0 Å². The predicted octanol–water partition coefficient (Wildman–Crippen LogP) is 1.69. The number of benzene rings is 1. The van der Waals surface area contributed by atoms with Gasteiger partial charge in [0, 0.05) is 30.7 Å². The summed E-state index contributed by atoms with van der Waals surface area (Å²) in [6.07, 6.45) is 3.36. The molecule has 3 rings (SSSR count). The normalized spacial score (nSPS) is 25.7. The molecular weight excluding hydrogens is 268 g/mol. The summed E-state index contributed by atoms with van der Waals surface area (Å²) in [7, 11) is 2.14. The number of amides is 1. The van der Waals surface area contributed by atoms with Crippen molar-refractivity contribution in [3.63, 3.8) is 0 Å². The summed E-state index contributed by atoms with van der Waals surface area (Å²) in [6.45, 7) is 1.49. The summed E-state index contributed by atoms with van der Waals surface area (Å²) in [5, 5.41) is 9.04. The summed E-state index contributed by atoms with van der Waals surface area (Å²) >= 11 is 0. The van der Waals surface area contributed by atoms with Gasteiger partial charge in [-0.1, -0.05) is 6.07 Å². The van der Waals surface area contributed by atoms with Crippen LogP contribution in [0.4, 0.5) is 0 Å². The van der Waals surface area contributed by atoms with E-state index in [1.165, 1.54) is 18.6 Å². The van der Waals surface area contributed by atoms with Gasteiger partial charge in [-0.05, 0) is 44.5 Å². The first-order valence-electron chi connectivity index (χ1n) is 7.41. The van der Waals surface area contributed by atoms with E-state index in [4.69, 9.17) is 5.11 Å². The average molecular weight is 288 g/mol. The molecule has 0 aromatic heterocycles. The summed E-state index contributed by atoms with van der Waals surface area (Å²) in [6, 6.07) is 7.32. The van der Waals surface area contributed by atoms with Crippen molar-refractivity contribution >= 4 is 11.9 Å². The van der Waals surface area contributed by atoms with E-state index in [0.29, 0.717) is 17.6 Å². The van der Waals surface area contributed by atoms with Crippen molar-refractivity contribution in [3.05, 3.63) is 35.4 Å². The molecule has 2 bridgehead atoms. The van der Waals surface area contributed by atoms with Crippen molar-refractivity contribution < 1.29 is 14.7 Å². The third-order valence-corrected chi connectivity index (χ3v) is 4.79. The van der Waals surface area contributed by atoms with E-state index in [-0.39, 0.29) is 11.5 Å². The monoisotopic (exact) mass is 288 g/mol. The third-order valence-electron chi connectivity index (χ3n) is 4.79. The standard InChI is InChI=1S/C16H20N2O3/c1-17-13-5-6-14(17)10-18(8-7-13)15(19)11-3-2-4-12(9-11)16(20)21/h2-4,9,13-14H,5-8,10H2,1H3,(H,20,21). The molecule has 1 amide bonds. The first kappa shape index (κ1) is 14.1. The van der Waals surface area contributed by atoms with Crippen LogP contribution in [0.15, 0.2) is 24.3 Å². The number of hydrogen-bond donors (Lipinski definition) is 1. The van der Waals surface area contributed by atoms with E-state index in [0.717, 1.165) is 25.9 Å². The Kier molecular flexibility index (Phi) is 3.68. The molecule has 0 aliphatic carbocycles. The highest BCUT2D eigenvalue weighted by molar-refractivity contribution is 5.97. The number of hydrogen-bond acceptors (Lipinski definition) is 3. The first-order chi connectivity index (χ1) is 10.1. The molecule has 2 fully saturated rings. The van der Waals surface area contributed by atoms with Crippen molar-refractivity contribution in [1.82, 2.24) is 9.80 Å². The van der Waals surface area contributed by atoms with Gasteiger partial charge >= 0.3 is 5.97 Å². The number of carboxylic acids is 1. The lowest BCUT2D eigenvalue weighted by Gasteiger charge is -2.26. The van der Waals surface area contributed by atoms with Gasteiger partial charge in [0.2, 0.25) is 0 Å². The fourth-order valence-electron chi connectivity index (χ4n) is 3.46. The Morgan fingerprint density at radius 2 is 1.86 bits per heavy atom. The van der Waals surface area contributed by atoms with Crippen molar-refractivity contribution in [3.8, 4) is 0 Å². The van der Waals surface area contributed by atoms with Gasteiger partial charge in [-0.3, -0.25) is 9.69 Å². The van der Waals surface area contributed by atoms with Crippen LogP contribution >= 0.6 is 0 Å². The Bertz CT molecular complexity index is 572. The third kappa shape index (κ3) is 2.65. The van der Waals surface area contributed by atoms with Crippen molar-refractivity contribution in [2.75, 3.05) is 20.1 Å². The SMILES string of the molecule is CN1C2CCC1CN(C(=O)c1cccc(C(=O)O)c1)CC2. The smallest absolute Gasteiger partial charge is 0.335 e. The van der Waals surface area contributed by atoms with Crippen LogP contribution in [0, 0.1) is 0 Å². The molecule has 5 heteroatoms. The Morgan fingerprint density at radius 3 is 2.62 bits per heavy atom. The molecule has 1 aromatic carbocycles. The summed E-state index contributed by atoms with van der Waals surface area (Å²) in [5.41, 5.74) is 0.629. The number of fused-ring (bicyclic) bond motifs is 2. The molecule has 2 atom stereocenters. The maximum absolute atomic E-state index is 12.6. The molecule has 5 nitrogen and oxygen atoms in total. The van der Waals surface area contributed by atoms with Crippen LogP contribution in [0.2, 0.25) is 0 Å². The second-order valence-corrected chi connectivity index (χ2v) is 5.98. The van der Waals surface area contributed by atoms with Gasteiger partial charge in [-0.2, -0.15) is 0 Å². The van der Waals surface area contributed by atoms with Gasteiger partial charge in [0.1, 0.15) is 0 Å². The number of carboxylic acid groups (broad SMARTS) is 1. The lowest BCUT2D eigenvalue weighted by molar-refractivity contribution is 0.0697. The number of nitrogens with zero attached hydrogens (tertiary/aromatic N) is 2. The minimum absolute atomic E-state index is 0.0564. The van der Waals surface area contributed by atoms with Gasteiger partial charge in [0.05, 0.1) is 5.56 Å². The summed E-state index contributed by atoms with van der Waals surface area (Å²) in [5.74, 6) is -1.06. The zero-order valence-electron chi connectivity index (χ0n) is 12.2. The highest BCUT2D eigenvalue weighted by Crippen LogP contribution is 2.29. The second-order valence-electron chi connectivity index (χ2n) is 5.98. The Balaban J connectivity index is 1.79. The zero-order chi connectivity index (χ0) is 15.0. The lowest BCUT2D eigenvalue weighted by Crippen LogP contribution is -2.39. The molecule has 112 valence electrons. The van der Waals surface area contributed by atoms with E-state index in [1.54, 1.807) is 12.1 Å². The maximum atomic E-state index is 12.6. The van der Waals surface area contributed by atoms with Crippen LogP contribution in [0.25, 0.3) is 0 Å². The largest absolute Gasteiger partial charge is 0.478 e. The minimum Gasteiger partial charge on any atom is -0.478 e. The van der Waals surface area contributed by atoms with E-state index >= 15 is 0 Å². The maximum Gasteiger partial charge on any atom is 0.335 e. The van der Waals surface area contributed by atoms with Gasteiger partial charge < -0.3 is 10.0 Å². The lowest BCUT2D eigenvalue weighted by atomic mass is 10.1. The molecule has 2 saturated heterocycles. The number of aromatic carboxylic acids is 1. The Hall–Kier alpha value is -1.88. The van der Waals surface area contributed by atoms with Crippen molar-refractivity contribution in [2.24, 2.45) is 0 Å². The number of carbonyl (C=O) groups is 2. The van der Waals surface area contributed by atoms with Gasteiger partial charge in [0.25, 0.3) is 5.91 Å². The van der Waals surface area contributed by atoms with Crippen LogP contribution in [-0.4, -0.2) is 59.0 Å².